The topological polar surface area (TPSA) is 12.0 Å². The summed E-state index contributed by atoms with van der Waals surface area (Å²) in [5, 5.41) is 5.05. The molecular formula is C15H22ClNS. The van der Waals surface area contributed by atoms with Gasteiger partial charge in [-0.05, 0) is 43.0 Å². The van der Waals surface area contributed by atoms with Gasteiger partial charge in [0.05, 0.1) is 0 Å². The molecule has 1 saturated carbocycles. The largest absolute Gasteiger partial charge is 0.315 e. The molecule has 0 radical (unpaired) electrons. The average Bonchev–Trinajstić information content (AvgIpc) is 2.63. The number of nitrogens with one attached hydrogen (secondary N) is 1. The van der Waals surface area contributed by atoms with Crippen molar-refractivity contribution in [1.82, 2.24) is 5.32 Å². The minimum atomic E-state index is 0.423. The normalized spacial score (nSPS) is 26.4. The monoisotopic (exact) mass is 283 g/mol. The van der Waals surface area contributed by atoms with E-state index in [1.165, 1.54) is 18.4 Å². The average molecular weight is 284 g/mol. The lowest BCUT2D eigenvalue weighted by molar-refractivity contribution is 0.300. The summed E-state index contributed by atoms with van der Waals surface area (Å²) in [4.78, 5) is 0. The molecular weight excluding hydrogens is 262 g/mol. The van der Waals surface area contributed by atoms with Crippen molar-refractivity contribution in [3.63, 3.8) is 0 Å². The third-order valence-corrected chi connectivity index (χ3v) is 5.66. The van der Waals surface area contributed by atoms with Crippen molar-refractivity contribution in [1.29, 1.82) is 0 Å². The Balaban J connectivity index is 1.92. The molecule has 0 amide bonds. The summed E-state index contributed by atoms with van der Waals surface area (Å²) >= 11 is 7.98. The second-order valence-corrected chi connectivity index (χ2v) is 7.43. The van der Waals surface area contributed by atoms with Crippen molar-refractivity contribution < 1.29 is 0 Å². The summed E-state index contributed by atoms with van der Waals surface area (Å²) in [6.45, 7) is 4.74. The van der Waals surface area contributed by atoms with Gasteiger partial charge in [0.15, 0.2) is 0 Å². The van der Waals surface area contributed by atoms with Gasteiger partial charge in [-0.3, -0.25) is 0 Å². The van der Waals surface area contributed by atoms with Gasteiger partial charge in [-0.2, -0.15) is 11.8 Å². The molecule has 0 spiro atoms. The van der Waals surface area contributed by atoms with Crippen LogP contribution in [0.15, 0.2) is 24.3 Å². The highest BCUT2D eigenvalue weighted by Crippen LogP contribution is 2.43. The smallest absolute Gasteiger partial charge is 0.0406 e. The molecule has 0 bridgehead atoms. The van der Waals surface area contributed by atoms with E-state index in [2.05, 4.69) is 50.1 Å². The lowest BCUT2D eigenvalue weighted by atomic mass is 9.87. The van der Waals surface area contributed by atoms with Crippen LogP contribution in [-0.4, -0.2) is 18.3 Å². The van der Waals surface area contributed by atoms with Crippen molar-refractivity contribution in [2.75, 3.05) is 7.05 Å². The highest BCUT2D eigenvalue weighted by atomic mass is 35.5. The van der Waals surface area contributed by atoms with E-state index >= 15 is 0 Å². The molecule has 1 aliphatic rings. The van der Waals surface area contributed by atoms with Crippen LogP contribution >= 0.6 is 23.4 Å². The van der Waals surface area contributed by atoms with Gasteiger partial charge >= 0.3 is 0 Å². The molecule has 1 aliphatic carbocycles. The van der Waals surface area contributed by atoms with Gasteiger partial charge in [-0.1, -0.05) is 37.6 Å². The zero-order valence-electron chi connectivity index (χ0n) is 11.4. The fourth-order valence-electron chi connectivity index (χ4n) is 2.88. The van der Waals surface area contributed by atoms with Crippen molar-refractivity contribution in [2.45, 2.75) is 43.7 Å². The predicted molar refractivity (Wildman–Crippen MR) is 82.4 cm³/mol. The molecule has 2 rings (SSSR count). The molecule has 3 heteroatoms. The van der Waals surface area contributed by atoms with E-state index in [1.54, 1.807) is 0 Å². The molecule has 0 aliphatic heterocycles. The van der Waals surface area contributed by atoms with E-state index in [-0.39, 0.29) is 0 Å². The molecule has 0 heterocycles. The molecule has 1 fully saturated rings. The van der Waals surface area contributed by atoms with E-state index < -0.39 is 0 Å². The molecule has 0 saturated heterocycles. The second kappa shape index (κ2) is 5.85. The summed E-state index contributed by atoms with van der Waals surface area (Å²) in [7, 11) is 2.09. The summed E-state index contributed by atoms with van der Waals surface area (Å²) < 4.78 is 0. The minimum absolute atomic E-state index is 0.423. The van der Waals surface area contributed by atoms with Crippen LogP contribution in [-0.2, 0) is 5.75 Å². The van der Waals surface area contributed by atoms with Crippen molar-refractivity contribution >= 4 is 23.4 Å². The van der Waals surface area contributed by atoms with Crippen LogP contribution in [0, 0.1) is 5.41 Å². The van der Waals surface area contributed by atoms with E-state index in [0.29, 0.717) is 11.5 Å². The summed E-state index contributed by atoms with van der Waals surface area (Å²) in [5.74, 6) is 1.08. The third kappa shape index (κ3) is 3.23. The first-order valence-electron chi connectivity index (χ1n) is 6.56. The van der Waals surface area contributed by atoms with Crippen molar-refractivity contribution in [3.8, 4) is 0 Å². The zero-order chi connectivity index (χ0) is 13.2. The Hall–Kier alpha value is -0.180. The standard InChI is InChI=1S/C15H22ClNS/c1-15(2)9-8-13(14(15)17-3)18-10-11-4-6-12(16)7-5-11/h4-7,13-14,17H,8-10H2,1-3H3. The minimum Gasteiger partial charge on any atom is -0.315 e. The van der Waals surface area contributed by atoms with Crippen LogP contribution in [0.1, 0.15) is 32.3 Å². The fraction of sp³-hybridized carbons (Fsp3) is 0.600. The number of thioether (sulfide) groups is 1. The molecule has 18 heavy (non-hydrogen) atoms. The Morgan fingerprint density at radius 1 is 1.33 bits per heavy atom. The summed E-state index contributed by atoms with van der Waals surface area (Å²) in [5.41, 5.74) is 1.79. The van der Waals surface area contributed by atoms with Gasteiger partial charge in [0.2, 0.25) is 0 Å². The molecule has 1 aromatic rings. The first-order chi connectivity index (χ1) is 8.53. The predicted octanol–water partition coefficient (Wildman–Crippen LogP) is 4.35. The van der Waals surface area contributed by atoms with Crippen LogP contribution in [0.3, 0.4) is 0 Å². The first-order valence-corrected chi connectivity index (χ1v) is 7.99. The lowest BCUT2D eigenvalue weighted by Gasteiger charge is -2.30. The Bertz CT molecular complexity index is 388. The fourth-order valence-corrected chi connectivity index (χ4v) is 4.59. The Morgan fingerprint density at radius 3 is 2.61 bits per heavy atom. The Labute approximate surface area is 120 Å². The van der Waals surface area contributed by atoms with E-state index in [4.69, 9.17) is 11.6 Å². The molecule has 1 nitrogen and oxygen atoms in total. The first kappa shape index (κ1) is 14.2. The van der Waals surface area contributed by atoms with Crippen LogP contribution in [0.4, 0.5) is 0 Å². The van der Waals surface area contributed by atoms with Crippen LogP contribution in [0.25, 0.3) is 0 Å². The Morgan fingerprint density at radius 2 is 2.00 bits per heavy atom. The molecule has 2 unspecified atom stereocenters. The van der Waals surface area contributed by atoms with Gasteiger partial charge in [0, 0.05) is 22.1 Å². The van der Waals surface area contributed by atoms with Gasteiger partial charge < -0.3 is 5.32 Å². The molecule has 1 aromatic carbocycles. The Kier molecular flexibility index (Phi) is 4.63. The molecule has 1 N–H and O–H groups in total. The third-order valence-electron chi connectivity index (χ3n) is 3.98. The maximum atomic E-state index is 5.91. The number of rotatable bonds is 4. The molecule has 2 atom stereocenters. The second-order valence-electron chi connectivity index (χ2n) is 5.77. The molecule has 0 aromatic heterocycles. The van der Waals surface area contributed by atoms with Crippen LogP contribution < -0.4 is 5.32 Å². The van der Waals surface area contributed by atoms with E-state index in [1.807, 2.05) is 12.1 Å². The maximum Gasteiger partial charge on any atom is 0.0406 e. The highest BCUT2D eigenvalue weighted by molar-refractivity contribution is 7.99. The van der Waals surface area contributed by atoms with Gasteiger partial charge in [-0.25, -0.2) is 0 Å². The van der Waals surface area contributed by atoms with E-state index in [0.717, 1.165) is 16.0 Å². The maximum absolute atomic E-state index is 5.91. The number of hydrogen-bond acceptors (Lipinski definition) is 2. The van der Waals surface area contributed by atoms with Crippen molar-refractivity contribution in [3.05, 3.63) is 34.9 Å². The van der Waals surface area contributed by atoms with Gasteiger partial charge in [0.25, 0.3) is 0 Å². The molecule has 100 valence electrons. The number of hydrogen-bond donors (Lipinski definition) is 1. The summed E-state index contributed by atoms with van der Waals surface area (Å²) in [6.07, 6.45) is 2.63. The lowest BCUT2D eigenvalue weighted by Crippen LogP contribution is -2.41. The van der Waals surface area contributed by atoms with Gasteiger partial charge in [-0.15, -0.1) is 0 Å². The number of halogens is 1. The van der Waals surface area contributed by atoms with E-state index in [9.17, 15) is 0 Å². The quantitative estimate of drug-likeness (QED) is 0.882. The zero-order valence-corrected chi connectivity index (χ0v) is 12.9. The van der Waals surface area contributed by atoms with Crippen LogP contribution in [0.5, 0.6) is 0 Å². The van der Waals surface area contributed by atoms with Crippen LogP contribution in [0.2, 0.25) is 5.02 Å². The highest BCUT2D eigenvalue weighted by Gasteiger charge is 2.40. The SMILES string of the molecule is CNC1C(SCc2ccc(Cl)cc2)CCC1(C)C. The summed E-state index contributed by atoms with van der Waals surface area (Å²) in [6, 6.07) is 8.83. The van der Waals surface area contributed by atoms with Gasteiger partial charge in [0.1, 0.15) is 0 Å². The number of benzene rings is 1. The van der Waals surface area contributed by atoms with Crippen molar-refractivity contribution in [2.24, 2.45) is 5.41 Å².